The van der Waals surface area contributed by atoms with Gasteiger partial charge in [-0.25, -0.2) is 9.18 Å². The molecule has 8 nitrogen and oxygen atoms in total. The summed E-state index contributed by atoms with van der Waals surface area (Å²) in [5.74, 6) is 0.627. The van der Waals surface area contributed by atoms with Gasteiger partial charge in [-0.1, -0.05) is 43.7 Å². The third-order valence-corrected chi connectivity index (χ3v) is 7.64. The summed E-state index contributed by atoms with van der Waals surface area (Å²) in [6.45, 7) is 14.9. The van der Waals surface area contributed by atoms with Crippen LogP contribution >= 0.6 is 0 Å². The minimum absolute atomic E-state index is 0.169. The second kappa shape index (κ2) is 18.4. The molecule has 3 rings (SSSR count). The normalized spacial score (nSPS) is 12.0. The maximum atomic E-state index is 15.1. The number of methoxy groups -OCH3 is 1. The lowest BCUT2D eigenvalue weighted by Crippen LogP contribution is -2.51. The lowest BCUT2D eigenvalue weighted by atomic mass is 9.93. The van der Waals surface area contributed by atoms with E-state index in [9.17, 15) is 9.59 Å². The standard InChI is InChI=1S/C39H53FN2O6/c1-9-14-29-24-34(32-15-11-12-16-35(32)40)36(47-22-13-21-45-8)25-33(29)37(43)42(27(3)4)30(26-41-38(44)48-39(5,6)7)23-28-17-19-31(20-18-28)46-10-2/h11-12,15-20,24-25,27,30H,9-10,13-14,21-23,26H2,1-8H3,(H,41,44)/t30-/m1/s1. The summed E-state index contributed by atoms with van der Waals surface area (Å²) in [5.41, 5.74) is 2.61. The highest BCUT2D eigenvalue weighted by molar-refractivity contribution is 5.98. The molecule has 0 radical (unpaired) electrons. The molecule has 0 aliphatic carbocycles. The molecule has 0 spiro atoms. The Labute approximate surface area is 285 Å². The number of hydrogen-bond acceptors (Lipinski definition) is 6. The Bertz CT molecular complexity index is 1470. The number of nitrogens with one attached hydrogen (secondary N) is 1. The molecule has 0 fully saturated rings. The first kappa shape index (κ1) is 38.3. The fourth-order valence-corrected chi connectivity index (χ4v) is 5.60. The van der Waals surface area contributed by atoms with E-state index in [0.29, 0.717) is 61.5 Å². The molecule has 0 bridgehead atoms. The van der Waals surface area contributed by atoms with Gasteiger partial charge in [0, 0.05) is 49.4 Å². The van der Waals surface area contributed by atoms with Crippen LogP contribution in [0.3, 0.4) is 0 Å². The maximum Gasteiger partial charge on any atom is 0.407 e. The second-order valence-corrected chi connectivity index (χ2v) is 13.1. The second-order valence-electron chi connectivity index (χ2n) is 13.1. The highest BCUT2D eigenvalue weighted by atomic mass is 19.1. The van der Waals surface area contributed by atoms with Gasteiger partial charge >= 0.3 is 6.09 Å². The number of aryl methyl sites for hydroxylation is 1. The summed E-state index contributed by atoms with van der Waals surface area (Å²) in [5, 5.41) is 2.90. The predicted molar refractivity (Wildman–Crippen MR) is 188 cm³/mol. The average Bonchev–Trinajstić information content (AvgIpc) is 3.02. The van der Waals surface area contributed by atoms with Gasteiger partial charge in [-0.2, -0.15) is 0 Å². The molecule has 262 valence electrons. The third kappa shape index (κ3) is 11.3. The third-order valence-electron chi connectivity index (χ3n) is 7.64. The topological polar surface area (TPSA) is 86.3 Å². The molecule has 0 heterocycles. The summed E-state index contributed by atoms with van der Waals surface area (Å²) >= 11 is 0. The van der Waals surface area contributed by atoms with Crippen molar-refractivity contribution < 1.29 is 32.9 Å². The number of alkyl carbamates (subject to hydrolysis) is 1. The van der Waals surface area contributed by atoms with Crippen LogP contribution in [0.5, 0.6) is 11.5 Å². The number of halogens is 1. The van der Waals surface area contributed by atoms with Crippen LogP contribution in [0.25, 0.3) is 11.1 Å². The number of rotatable bonds is 17. The maximum absolute atomic E-state index is 15.1. The van der Waals surface area contributed by atoms with Crippen LogP contribution in [0.1, 0.15) is 82.8 Å². The molecule has 1 atom stereocenters. The Morgan fingerprint density at radius 3 is 2.25 bits per heavy atom. The fourth-order valence-electron chi connectivity index (χ4n) is 5.60. The molecule has 0 unspecified atom stereocenters. The molecular weight excluding hydrogens is 611 g/mol. The van der Waals surface area contributed by atoms with E-state index in [1.54, 1.807) is 31.4 Å². The molecule has 1 N–H and O–H groups in total. The summed E-state index contributed by atoms with van der Waals surface area (Å²) in [7, 11) is 1.63. The molecular formula is C39H53FN2O6. The minimum atomic E-state index is -0.670. The highest BCUT2D eigenvalue weighted by Gasteiger charge is 2.31. The quantitative estimate of drug-likeness (QED) is 0.146. The van der Waals surface area contributed by atoms with Gasteiger partial charge < -0.3 is 29.2 Å². The number of ether oxygens (including phenoxy) is 4. The Morgan fingerprint density at radius 1 is 0.938 bits per heavy atom. The van der Waals surface area contributed by atoms with E-state index in [4.69, 9.17) is 18.9 Å². The van der Waals surface area contributed by atoms with Crippen molar-refractivity contribution in [3.63, 3.8) is 0 Å². The molecule has 0 saturated carbocycles. The monoisotopic (exact) mass is 664 g/mol. The van der Waals surface area contributed by atoms with Gasteiger partial charge in [0.15, 0.2) is 0 Å². The largest absolute Gasteiger partial charge is 0.494 e. The summed E-state index contributed by atoms with van der Waals surface area (Å²) in [4.78, 5) is 29.4. The first-order valence-electron chi connectivity index (χ1n) is 16.9. The van der Waals surface area contributed by atoms with Crippen LogP contribution in [0.15, 0.2) is 60.7 Å². The Kier molecular flexibility index (Phi) is 14.7. The predicted octanol–water partition coefficient (Wildman–Crippen LogP) is 8.25. The number of benzene rings is 3. The molecule has 0 aliphatic heterocycles. The van der Waals surface area contributed by atoms with Crippen molar-refractivity contribution >= 4 is 12.0 Å². The molecule has 0 saturated heterocycles. The van der Waals surface area contributed by atoms with E-state index in [-0.39, 0.29) is 24.3 Å². The lowest BCUT2D eigenvalue weighted by molar-refractivity contribution is 0.0463. The van der Waals surface area contributed by atoms with Crippen LogP contribution in [0.4, 0.5) is 9.18 Å². The van der Waals surface area contributed by atoms with Crippen LogP contribution in [-0.2, 0) is 22.3 Å². The average molecular weight is 665 g/mol. The fraction of sp³-hybridized carbons (Fsp3) is 0.487. The van der Waals surface area contributed by atoms with E-state index < -0.39 is 17.7 Å². The van der Waals surface area contributed by atoms with E-state index in [0.717, 1.165) is 23.3 Å². The van der Waals surface area contributed by atoms with Crippen molar-refractivity contribution in [2.75, 3.05) is 33.5 Å². The number of carbonyl (C=O) groups excluding carboxylic acids is 2. The van der Waals surface area contributed by atoms with Crippen LogP contribution in [0, 0.1) is 5.82 Å². The first-order valence-corrected chi connectivity index (χ1v) is 16.9. The summed E-state index contributed by atoms with van der Waals surface area (Å²) in [6, 6.07) is 17.4. The Balaban J connectivity index is 2.10. The van der Waals surface area contributed by atoms with Gasteiger partial charge in [-0.15, -0.1) is 0 Å². The molecule has 48 heavy (non-hydrogen) atoms. The van der Waals surface area contributed by atoms with E-state index >= 15 is 4.39 Å². The zero-order chi connectivity index (χ0) is 35.3. The zero-order valence-corrected chi connectivity index (χ0v) is 29.9. The van der Waals surface area contributed by atoms with E-state index in [1.807, 2.05) is 83.7 Å². The summed E-state index contributed by atoms with van der Waals surface area (Å²) < 4.78 is 37.7. The smallest absolute Gasteiger partial charge is 0.407 e. The SMILES string of the molecule is CCCc1cc(-c2ccccc2F)c(OCCCOC)cc1C(=O)N(C(C)C)[C@@H](CNC(=O)OC(C)(C)C)Cc1ccc(OCC)cc1. The van der Waals surface area contributed by atoms with E-state index in [2.05, 4.69) is 5.32 Å². The summed E-state index contributed by atoms with van der Waals surface area (Å²) in [6.07, 6.45) is 1.94. The van der Waals surface area contributed by atoms with Crippen molar-refractivity contribution in [2.24, 2.45) is 0 Å². The molecule has 2 amide bonds. The van der Waals surface area contributed by atoms with Crippen molar-refractivity contribution in [3.05, 3.63) is 83.2 Å². The minimum Gasteiger partial charge on any atom is -0.494 e. The van der Waals surface area contributed by atoms with Crippen molar-refractivity contribution in [2.45, 2.75) is 91.8 Å². The number of hydrogen-bond donors (Lipinski definition) is 1. The Hall–Kier alpha value is -4.11. The molecule has 3 aromatic carbocycles. The zero-order valence-electron chi connectivity index (χ0n) is 29.9. The van der Waals surface area contributed by atoms with Crippen LogP contribution < -0.4 is 14.8 Å². The lowest BCUT2D eigenvalue weighted by Gasteiger charge is -2.36. The number of amides is 2. The van der Waals surface area contributed by atoms with E-state index in [1.165, 1.54) is 6.07 Å². The van der Waals surface area contributed by atoms with Crippen LogP contribution in [0.2, 0.25) is 0 Å². The van der Waals surface area contributed by atoms with Gasteiger partial charge in [-0.05, 0) is 95.8 Å². The van der Waals surface area contributed by atoms with Gasteiger partial charge in [0.2, 0.25) is 0 Å². The molecule has 0 aromatic heterocycles. The van der Waals surface area contributed by atoms with Gasteiger partial charge in [0.1, 0.15) is 22.9 Å². The van der Waals surface area contributed by atoms with Crippen molar-refractivity contribution in [1.29, 1.82) is 0 Å². The van der Waals surface area contributed by atoms with Gasteiger partial charge in [-0.3, -0.25) is 4.79 Å². The van der Waals surface area contributed by atoms with Crippen molar-refractivity contribution in [3.8, 4) is 22.6 Å². The first-order chi connectivity index (χ1) is 22.9. The van der Waals surface area contributed by atoms with Gasteiger partial charge in [0.25, 0.3) is 5.91 Å². The molecule has 9 heteroatoms. The number of nitrogens with zero attached hydrogens (tertiary/aromatic N) is 1. The van der Waals surface area contributed by atoms with Crippen LogP contribution in [-0.4, -0.2) is 68.1 Å². The number of carbonyl (C=O) groups is 2. The molecule has 0 aliphatic rings. The highest BCUT2D eigenvalue weighted by Crippen LogP contribution is 2.36. The van der Waals surface area contributed by atoms with Gasteiger partial charge in [0.05, 0.1) is 19.3 Å². The molecule has 3 aromatic rings. The van der Waals surface area contributed by atoms with Crippen molar-refractivity contribution in [1.82, 2.24) is 10.2 Å². The Morgan fingerprint density at radius 2 is 1.65 bits per heavy atom.